The van der Waals surface area contributed by atoms with Crippen LogP contribution in [-0.4, -0.2) is 79.3 Å². The maximum Gasteiger partial charge on any atom is 0.408 e. The summed E-state index contributed by atoms with van der Waals surface area (Å²) >= 11 is 0. The highest BCUT2D eigenvalue weighted by atomic mass is 19.1. The number of likely N-dealkylation sites (tertiary alicyclic amines) is 1. The van der Waals surface area contributed by atoms with Crippen molar-refractivity contribution in [3.8, 4) is 6.07 Å². The average molecular weight is 476 g/mol. The summed E-state index contributed by atoms with van der Waals surface area (Å²) in [4.78, 5) is 31.4. The fourth-order valence-electron chi connectivity index (χ4n) is 4.18. The van der Waals surface area contributed by atoms with Crippen LogP contribution in [0.25, 0.3) is 0 Å². The summed E-state index contributed by atoms with van der Waals surface area (Å²) < 4.78 is 19.1. The van der Waals surface area contributed by atoms with E-state index in [1.165, 1.54) is 12.1 Å². The van der Waals surface area contributed by atoms with Gasteiger partial charge in [-0.15, -0.1) is 0 Å². The number of carbonyl (C=O) groups is 2. The van der Waals surface area contributed by atoms with E-state index in [9.17, 15) is 19.2 Å². The Bertz CT molecular complexity index is 882. The molecule has 1 fully saturated rings. The van der Waals surface area contributed by atoms with Crippen molar-refractivity contribution in [3.63, 3.8) is 0 Å². The van der Waals surface area contributed by atoms with Gasteiger partial charge in [-0.1, -0.05) is 13.0 Å². The fraction of sp³-hybridized carbons (Fsp3) is 0.640. The zero-order valence-corrected chi connectivity index (χ0v) is 21.2. The van der Waals surface area contributed by atoms with E-state index in [-0.39, 0.29) is 24.3 Å². The van der Waals surface area contributed by atoms with Crippen LogP contribution in [0.1, 0.15) is 47.0 Å². The lowest BCUT2D eigenvalue weighted by Crippen LogP contribution is -2.55. The molecule has 0 spiro atoms. The second-order valence-electron chi connectivity index (χ2n) is 9.89. The number of benzene rings is 1. The lowest BCUT2D eigenvalue weighted by molar-refractivity contribution is -0.133. The molecule has 1 aromatic carbocycles. The fourth-order valence-corrected chi connectivity index (χ4v) is 4.18. The van der Waals surface area contributed by atoms with Crippen LogP contribution in [0.2, 0.25) is 0 Å². The minimum Gasteiger partial charge on any atom is -0.444 e. The van der Waals surface area contributed by atoms with E-state index >= 15 is 0 Å². The van der Waals surface area contributed by atoms with Crippen molar-refractivity contribution in [2.75, 3.05) is 38.6 Å². The van der Waals surface area contributed by atoms with Gasteiger partial charge in [0.1, 0.15) is 23.5 Å². The molecule has 1 aliphatic heterocycles. The number of halogens is 1. The highest BCUT2D eigenvalue weighted by Gasteiger charge is 2.35. The van der Waals surface area contributed by atoms with Crippen LogP contribution in [0.3, 0.4) is 0 Å². The molecule has 0 aliphatic carbocycles. The topological polar surface area (TPSA) is 88.9 Å². The molecule has 1 N–H and O–H groups in total. The highest BCUT2D eigenvalue weighted by Crippen LogP contribution is 2.20. The zero-order chi connectivity index (χ0) is 25.5. The first-order chi connectivity index (χ1) is 15.9. The van der Waals surface area contributed by atoms with Gasteiger partial charge in [0, 0.05) is 38.4 Å². The van der Waals surface area contributed by atoms with Crippen LogP contribution in [0.15, 0.2) is 24.3 Å². The molecule has 188 valence electrons. The number of nitrogens with one attached hydrogen (secondary N) is 1. The van der Waals surface area contributed by atoms with E-state index in [0.29, 0.717) is 19.5 Å². The number of rotatable bonds is 9. The average Bonchev–Trinajstić information content (AvgIpc) is 3.23. The van der Waals surface area contributed by atoms with Gasteiger partial charge in [0.05, 0.1) is 6.07 Å². The van der Waals surface area contributed by atoms with Crippen molar-refractivity contribution < 1.29 is 18.7 Å². The SMILES string of the molecule is CCC(CN(C)CC(NC(=O)OC(C)(C)C)C(=O)N1CCCC1C#N)N(C)c1cccc(F)c1. The zero-order valence-electron chi connectivity index (χ0n) is 21.2. The van der Waals surface area contributed by atoms with Crippen LogP contribution in [0.4, 0.5) is 14.9 Å². The third kappa shape index (κ3) is 7.87. The number of nitriles is 1. The summed E-state index contributed by atoms with van der Waals surface area (Å²) in [6.07, 6.45) is 1.52. The van der Waals surface area contributed by atoms with Crippen LogP contribution in [0.5, 0.6) is 0 Å². The number of anilines is 1. The number of alkyl carbamates (subject to hydrolysis) is 1. The number of amides is 2. The summed E-state index contributed by atoms with van der Waals surface area (Å²) in [6, 6.07) is 7.35. The minimum absolute atomic E-state index is 0.0581. The predicted molar refractivity (Wildman–Crippen MR) is 130 cm³/mol. The number of hydrogen-bond donors (Lipinski definition) is 1. The van der Waals surface area contributed by atoms with Gasteiger partial charge >= 0.3 is 6.09 Å². The summed E-state index contributed by atoms with van der Waals surface area (Å²) in [5, 5.41) is 12.1. The number of carbonyl (C=O) groups excluding carboxylic acids is 2. The smallest absolute Gasteiger partial charge is 0.408 e. The van der Waals surface area contributed by atoms with Crippen LogP contribution in [-0.2, 0) is 9.53 Å². The number of ether oxygens (including phenoxy) is 1. The van der Waals surface area contributed by atoms with Gasteiger partial charge in [-0.2, -0.15) is 5.26 Å². The first-order valence-corrected chi connectivity index (χ1v) is 11.8. The van der Waals surface area contributed by atoms with E-state index in [1.807, 2.05) is 30.0 Å². The van der Waals surface area contributed by atoms with E-state index in [1.54, 1.807) is 31.7 Å². The molecule has 0 aromatic heterocycles. The Morgan fingerprint density at radius 3 is 2.62 bits per heavy atom. The second kappa shape index (κ2) is 12.0. The van der Waals surface area contributed by atoms with Crippen LogP contribution < -0.4 is 10.2 Å². The lowest BCUT2D eigenvalue weighted by atomic mass is 10.1. The van der Waals surface area contributed by atoms with E-state index < -0.39 is 23.8 Å². The first-order valence-electron chi connectivity index (χ1n) is 11.8. The van der Waals surface area contributed by atoms with Crippen molar-refractivity contribution in [2.45, 2.75) is 70.7 Å². The number of nitrogens with zero attached hydrogens (tertiary/aromatic N) is 4. The quantitative estimate of drug-likeness (QED) is 0.589. The molecular weight excluding hydrogens is 437 g/mol. The number of hydrogen-bond acceptors (Lipinski definition) is 6. The van der Waals surface area contributed by atoms with Crippen molar-refractivity contribution >= 4 is 17.7 Å². The second-order valence-corrected chi connectivity index (χ2v) is 9.89. The maximum atomic E-state index is 13.7. The van der Waals surface area contributed by atoms with Gasteiger partial charge in [0.2, 0.25) is 5.91 Å². The van der Waals surface area contributed by atoms with Gasteiger partial charge in [0.25, 0.3) is 0 Å². The maximum absolute atomic E-state index is 13.7. The Hall–Kier alpha value is -2.86. The third-order valence-corrected chi connectivity index (χ3v) is 5.93. The molecule has 0 saturated carbocycles. The molecular formula is C25H38FN5O3. The van der Waals surface area contributed by atoms with Crippen LogP contribution in [0, 0.1) is 17.1 Å². The molecule has 3 unspecified atom stereocenters. The molecule has 34 heavy (non-hydrogen) atoms. The van der Waals surface area contributed by atoms with E-state index in [2.05, 4.69) is 18.3 Å². The molecule has 0 bridgehead atoms. The van der Waals surface area contributed by atoms with Gasteiger partial charge in [-0.3, -0.25) is 4.79 Å². The van der Waals surface area contributed by atoms with E-state index in [4.69, 9.17) is 4.74 Å². The molecule has 3 atom stereocenters. The van der Waals surface area contributed by atoms with Crippen molar-refractivity contribution in [1.82, 2.24) is 15.1 Å². The molecule has 9 heteroatoms. The standard InChI is InChI=1S/C25H38FN5O3/c1-7-19(30(6)20-11-8-10-18(26)14-20)16-29(5)17-22(28-24(33)34-25(2,3)4)23(32)31-13-9-12-21(31)15-27/h8,10-11,14,19,21-22H,7,9,12-13,16-17H2,1-6H3,(H,28,33). The predicted octanol–water partition coefficient (Wildman–Crippen LogP) is 3.38. The molecule has 2 rings (SSSR count). The summed E-state index contributed by atoms with van der Waals surface area (Å²) in [7, 11) is 3.80. The van der Waals surface area contributed by atoms with Gasteiger partial charge in [-0.05, 0) is 65.3 Å². The monoisotopic (exact) mass is 475 g/mol. The Morgan fingerprint density at radius 2 is 2.03 bits per heavy atom. The molecule has 1 aliphatic rings. The minimum atomic E-state index is -0.856. The number of likely N-dealkylation sites (N-methyl/N-ethyl adjacent to an activating group) is 2. The molecule has 2 amide bonds. The normalized spacial score (nSPS) is 17.7. The molecule has 0 radical (unpaired) electrons. The summed E-state index contributed by atoms with van der Waals surface area (Å²) in [6.45, 7) is 8.66. The summed E-state index contributed by atoms with van der Waals surface area (Å²) in [5.74, 6) is -0.578. The first kappa shape index (κ1) is 27.4. The highest BCUT2D eigenvalue weighted by molar-refractivity contribution is 5.86. The largest absolute Gasteiger partial charge is 0.444 e. The molecule has 8 nitrogen and oxygen atoms in total. The Labute approximate surface area is 202 Å². The third-order valence-electron chi connectivity index (χ3n) is 5.93. The van der Waals surface area contributed by atoms with Gasteiger partial charge < -0.3 is 24.8 Å². The van der Waals surface area contributed by atoms with E-state index in [0.717, 1.165) is 18.5 Å². The van der Waals surface area contributed by atoms with Crippen molar-refractivity contribution in [2.24, 2.45) is 0 Å². The molecule has 1 aromatic rings. The molecule has 1 saturated heterocycles. The Morgan fingerprint density at radius 1 is 1.32 bits per heavy atom. The Kier molecular flexibility index (Phi) is 9.68. The van der Waals surface area contributed by atoms with Crippen LogP contribution >= 0.6 is 0 Å². The van der Waals surface area contributed by atoms with Gasteiger partial charge in [0.15, 0.2) is 0 Å². The lowest BCUT2D eigenvalue weighted by Gasteiger charge is -2.35. The summed E-state index contributed by atoms with van der Waals surface area (Å²) in [5.41, 5.74) is 0.0709. The molecule has 1 heterocycles. The van der Waals surface area contributed by atoms with Crippen molar-refractivity contribution in [1.29, 1.82) is 5.26 Å². The van der Waals surface area contributed by atoms with Crippen molar-refractivity contribution in [3.05, 3.63) is 30.1 Å². The Balaban J connectivity index is 2.13. The van der Waals surface area contributed by atoms with Gasteiger partial charge in [-0.25, -0.2) is 9.18 Å².